The van der Waals surface area contributed by atoms with Gasteiger partial charge in [0.1, 0.15) is 0 Å². The molecule has 0 radical (unpaired) electrons. The number of benzene rings is 1. The van der Waals surface area contributed by atoms with Crippen molar-refractivity contribution in [2.45, 2.75) is 11.3 Å². The van der Waals surface area contributed by atoms with Gasteiger partial charge in [-0.25, -0.2) is 4.79 Å². The highest BCUT2D eigenvalue weighted by molar-refractivity contribution is 7.98. The Labute approximate surface area is 124 Å². The highest BCUT2D eigenvalue weighted by Crippen LogP contribution is 2.30. The molecular formula is C15H22N2O2S. The minimum Gasteiger partial charge on any atom is -0.478 e. The third-order valence-corrected chi connectivity index (χ3v) is 4.65. The van der Waals surface area contributed by atoms with Crippen LogP contribution in [0.2, 0.25) is 0 Å². The number of carbonyl (C=O) groups is 1. The molecule has 1 saturated heterocycles. The zero-order valence-electron chi connectivity index (χ0n) is 12.3. The predicted molar refractivity (Wildman–Crippen MR) is 84.1 cm³/mol. The molecule has 0 amide bonds. The Hall–Kier alpha value is -1.20. The van der Waals surface area contributed by atoms with E-state index in [0.717, 1.165) is 30.2 Å². The molecular weight excluding hydrogens is 272 g/mol. The third kappa shape index (κ3) is 3.27. The second-order valence-electron chi connectivity index (χ2n) is 5.46. The van der Waals surface area contributed by atoms with Crippen molar-refractivity contribution in [3.8, 4) is 0 Å². The summed E-state index contributed by atoms with van der Waals surface area (Å²) < 4.78 is 0. The molecule has 4 nitrogen and oxygen atoms in total. The molecule has 5 heteroatoms. The van der Waals surface area contributed by atoms with E-state index in [4.69, 9.17) is 0 Å². The van der Waals surface area contributed by atoms with Crippen LogP contribution >= 0.6 is 11.8 Å². The summed E-state index contributed by atoms with van der Waals surface area (Å²) >= 11 is 1.48. The molecule has 1 atom stereocenters. The smallest absolute Gasteiger partial charge is 0.338 e. The maximum absolute atomic E-state index is 11.5. The Kier molecular flexibility index (Phi) is 4.94. The number of anilines is 1. The molecule has 1 aliphatic rings. The summed E-state index contributed by atoms with van der Waals surface area (Å²) in [5.41, 5.74) is 1.24. The lowest BCUT2D eigenvalue weighted by atomic mass is 10.1. The van der Waals surface area contributed by atoms with E-state index in [9.17, 15) is 9.90 Å². The molecule has 0 saturated carbocycles. The average molecular weight is 294 g/mol. The van der Waals surface area contributed by atoms with Crippen molar-refractivity contribution in [3.05, 3.63) is 23.8 Å². The number of rotatable bonds is 5. The molecule has 1 fully saturated rings. The summed E-state index contributed by atoms with van der Waals surface area (Å²) in [6.45, 7) is 3.13. The fourth-order valence-electron chi connectivity index (χ4n) is 2.88. The minimum absolute atomic E-state index is 0.425. The number of likely N-dealkylation sites (tertiary alicyclic amines) is 1. The van der Waals surface area contributed by atoms with Crippen LogP contribution in [0.4, 0.5) is 5.69 Å². The fraction of sp³-hybridized carbons (Fsp3) is 0.533. The first-order valence-corrected chi connectivity index (χ1v) is 8.05. The quantitative estimate of drug-likeness (QED) is 0.845. The molecule has 1 heterocycles. The first-order chi connectivity index (χ1) is 9.52. The molecule has 2 rings (SSSR count). The number of aromatic carboxylic acids is 1. The number of thioether (sulfide) groups is 1. The standard InChI is InChI=1S/C15H22N2O2S/c1-16-8-7-11(9-16)10-17(2)12-5-4-6-13(20-3)14(12)15(18)19/h4-6,11H,7-10H2,1-3H3,(H,18,19). The van der Waals surface area contributed by atoms with E-state index in [-0.39, 0.29) is 0 Å². The van der Waals surface area contributed by atoms with Crippen molar-refractivity contribution in [2.75, 3.05) is 44.9 Å². The number of carboxylic acids is 1. The molecule has 20 heavy (non-hydrogen) atoms. The van der Waals surface area contributed by atoms with Crippen LogP contribution in [-0.4, -0.2) is 56.0 Å². The van der Waals surface area contributed by atoms with E-state index in [2.05, 4.69) is 16.8 Å². The van der Waals surface area contributed by atoms with Gasteiger partial charge in [0.15, 0.2) is 0 Å². The van der Waals surface area contributed by atoms with Crippen molar-refractivity contribution in [3.63, 3.8) is 0 Å². The molecule has 0 spiro atoms. The molecule has 1 N–H and O–H groups in total. The number of carboxylic acid groups (broad SMARTS) is 1. The Morgan fingerprint density at radius 3 is 2.85 bits per heavy atom. The van der Waals surface area contributed by atoms with Crippen LogP contribution in [0.25, 0.3) is 0 Å². The molecule has 1 unspecified atom stereocenters. The summed E-state index contributed by atoms with van der Waals surface area (Å²) in [7, 11) is 4.13. The van der Waals surface area contributed by atoms with Gasteiger partial charge in [-0.15, -0.1) is 11.8 Å². The zero-order valence-corrected chi connectivity index (χ0v) is 13.1. The largest absolute Gasteiger partial charge is 0.478 e. The van der Waals surface area contributed by atoms with Crippen LogP contribution in [0, 0.1) is 5.92 Å². The second kappa shape index (κ2) is 6.50. The van der Waals surface area contributed by atoms with Gasteiger partial charge >= 0.3 is 5.97 Å². The summed E-state index contributed by atoms with van der Waals surface area (Å²) in [6.07, 6.45) is 3.10. The molecule has 0 aliphatic carbocycles. The molecule has 1 aromatic rings. The van der Waals surface area contributed by atoms with Gasteiger partial charge in [0, 0.05) is 25.0 Å². The van der Waals surface area contributed by atoms with Gasteiger partial charge in [-0.05, 0) is 44.3 Å². The van der Waals surface area contributed by atoms with Crippen molar-refractivity contribution < 1.29 is 9.90 Å². The maximum Gasteiger partial charge on any atom is 0.338 e. The van der Waals surface area contributed by atoms with Crippen molar-refractivity contribution in [1.82, 2.24) is 4.90 Å². The SMILES string of the molecule is CSc1cccc(N(C)CC2CCN(C)C2)c1C(=O)O. The Bertz CT molecular complexity index is 493. The lowest BCUT2D eigenvalue weighted by molar-refractivity contribution is 0.0694. The van der Waals surface area contributed by atoms with E-state index >= 15 is 0 Å². The van der Waals surface area contributed by atoms with Crippen LogP contribution in [0.15, 0.2) is 23.1 Å². The van der Waals surface area contributed by atoms with E-state index in [1.807, 2.05) is 31.5 Å². The highest BCUT2D eigenvalue weighted by atomic mass is 32.2. The van der Waals surface area contributed by atoms with E-state index in [1.54, 1.807) is 0 Å². The molecule has 0 aromatic heterocycles. The normalized spacial score (nSPS) is 19.2. The lowest BCUT2D eigenvalue weighted by Gasteiger charge is -2.25. The number of hydrogen-bond acceptors (Lipinski definition) is 4. The van der Waals surface area contributed by atoms with Gasteiger partial charge < -0.3 is 14.9 Å². The van der Waals surface area contributed by atoms with Gasteiger partial charge in [-0.2, -0.15) is 0 Å². The van der Waals surface area contributed by atoms with E-state index in [1.165, 1.54) is 18.2 Å². The first-order valence-electron chi connectivity index (χ1n) is 6.83. The van der Waals surface area contributed by atoms with Gasteiger partial charge in [0.05, 0.1) is 11.3 Å². The van der Waals surface area contributed by atoms with Gasteiger partial charge in [-0.1, -0.05) is 6.07 Å². The van der Waals surface area contributed by atoms with Crippen LogP contribution in [0.5, 0.6) is 0 Å². The number of hydrogen-bond donors (Lipinski definition) is 1. The zero-order chi connectivity index (χ0) is 14.7. The van der Waals surface area contributed by atoms with Crippen LogP contribution < -0.4 is 4.90 Å². The lowest BCUT2D eigenvalue weighted by Crippen LogP contribution is -2.28. The average Bonchev–Trinajstić information content (AvgIpc) is 2.82. The molecule has 0 bridgehead atoms. The molecule has 1 aromatic carbocycles. The van der Waals surface area contributed by atoms with E-state index < -0.39 is 5.97 Å². The summed E-state index contributed by atoms with van der Waals surface area (Å²) in [4.78, 5) is 16.8. The van der Waals surface area contributed by atoms with Crippen LogP contribution in [0.1, 0.15) is 16.8 Å². The Morgan fingerprint density at radius 1 is 1.55 bits per heavy atom. The molecule has 110 valence electrons. The summed E-state index contributed by atoms with van der Waals surface area (Å²) in [5.74, 6) is -0.232. The predicted octanol–water partition coefficient (Wildman–Crippen LogP) is 2.49. The number of nitrogens with zero attached hydrogens (tertiary/aromatic N) is 2. The second-order valence-corrected chi connectivity index (χ2v) is 6.31. The van der Waals surface area contributed by atoms with Crippen LogP contribution in [-0.2, 0) is 0 Å². The summed E-state index contributed by atoms with van der Waals surface area (Å²) in [6, 6.07) is 5.71. The third-order valence-electron chi connectivity index (χ3n) is 3.87. The van der Waals surface area contributed by atoms with Gasteiger partial charge in [-0.3, -0.25) is 0 Å². The first kappa shape index (κ1) is 15.2. The Balaban J connectivity index is 2.20. The van der Waals surface area contributed by atoms with Crippen molar-refractivity contribution in [1.29, 1.82) is 0 Å². The molecule has 1 aliphatic heterocycles. The minimum atomic E-state index is -0.847. The highest BCUT2D eigenvalue weighted by Gasteiger charge is 2.23. The monoisotopic (exact) mass is 294 g/mol. The maximum atomic E-state index is 11.5. The van der Waals surface area contributed by atoms with Crippen molar-refractivity contribution in [2.24, 2.45) is 5.92 Å². The Morgan fingerprint density at radius 2 is 2.30 bits per heavy atom. The van der Waals surface area contributed by atoms with Gasteiger partial charge in [0.25, 0.3) is 0 Å². The van der Waals surface area contributed by atoms with Gasteiger partial charge in [0.2, 0.25) is 0 Å². The van der Waals surface area contributed by atoms with Crippen LogP contribution in [0.3, 0.4) is 0 Å². The summed E-state index contributed by atoms with van der Waals surface area (Å²) in [5, 5.41) is 9.48. The van der Waals surface area contributed by atoms with E-state index in [0.29, 0.717) is 11.5 Å². The van der Waals surface area contributed by atoms with Crippen molar-refractivity contribution >= 4 is 23.4 Å². The fourth-order valence-corrected chi connectivity index (χ4v) is 3.49. The topological polar surface area (TPSA) is 43.8 Å².